The van der Waals surface area contributed by atoms with Gasteiger partial charge in [0.1, 0.15) is 11.4 Å². The van der Waals surface area contributed by atoms with Gasteiger partial charge in [-0.2, -0.15) is 0 Å². The molecule has 2 aliphatic rings. The molecule has 0 spiro atoms. The van der Waals surface area contributed by atoms with Crippen molar-refractivity contribution >= 4 is 55.9 Å². The molecule has 0 radical (unpaired) electrons. The normalized spacial score (nSPS) is 15.4. The van der Waals surface area contributed by atoms with Crippen LogP contribution in [0.5, 0.6) is 23.0 Å². The molecule has 0 saturated heterocycles. The zero-order chi connectivity index (χ0) is 27.0. The Hall–Kier alpha value is -3.93. The second-order valence-electron chi connectivity index (χ2n) is 8.11. The van der Waals surface area contributed by atoms with Gasteiger partial charge in [0.05, 0.1) is 50.9 Å². The van der Waals surface area contributed by atoms with Gasteiger partial charge in [0.25, 0.3) is 5.91 Å². The van der Waals surface area contributed by atoms with E-state index in [4.69, 9.17) is 18.9 Å². The molecule has 3 aromatic rings. The van der Waals surface area contributed by atoms with Gasteiger partial charge in [0, 0.05) is 18.0 Å². The first-order chi connectivity index (χ1) is 17.8. The van der Waals surface area contributed by atoms with Gasteiger partial charge in [0.2, 0.25) is 5.75 Å². The van der Waals surface area contributed by atoms with Crippen LogP contribution >= 0.6 is 15.9 Å². The number of fused-ring (bicyclic) bond motifs is 4. The summed E-state index contributed by atoms with van der Waals surface area (Å²) >= 11 is 2.94. The van der Waals surface area contributed by atoms with Crippen LogP contribution in [0.25, 0.3) is 10.9 Å². The van der Waals surface area contributed by atoms with Crippen LogP contribution in [0.4, 0.5) is 11.4 Å². The van der Waals surface area contributed by atoms with E-state index in [0.29, 0.717) is 52.4 Å². The quantitative estimate of drug-likeness (QED) is 0.181. The van der Waals surface area contributed by atoms with Gasteiger partial charge in [0.15, 0.2) is 23.3 Å². The molecule has 3 heterocycles. The number of carbonyl (C=O) groups excluding carboxylic acids is 3. The van der Waals surface area contributed by atoms with Crippen LogP contribution in [-0.2, 0) is 16.0 Å². The SMILES string of the molecule is CBr.COC(=O)[C@@H]1Nc2c(O)cc3c(c2C1=O)CCN3C(=O)c1cc2cc(OC)c(OC)c(OC)c2[nH]1. The summed E-state index contributed by atoms with van der Waals surface area (Å²) in [6.07, 6.45) is 0.385. The highest BCUT2D eigenvalue weighted by Crippen LogP contribution is 2.46. The molecule has 0 unspecified atom stereocenters. The lowest BCUT2D eigenvalue weighted by Gasteiger charge is -2.17. The van der Waals surface area contributed by atoms with Crippen molar-refractivity contribution in [1.29, 1.82) is 0 Å². The predicted molar refractivity (Wildman–Crippen MR) is 140 cm³/mol. The van der Waals surface area contributed by atoms with E-state index in [0.717, 1.165) is 0 Å². The number of aromatic hydroxyl groups is 1. The number of anilines is 2. The van der Waals surface area contributed by atoms with E-state index in [2.05, 4.69) is 26.2 Å². The van der Waals surface area contributed by atoms with Crippen LogP contribution in [0.1, 0.15) is 26.4 Å². The number of halogens is 1. The fourth-order valence-electron chi connectivity index (χ4n) is 4.81. The van der Waals surface area contributed by atoms with E-state index in [1.807, 2.05) is 5.83 Å². The minimum atomic E-state index is -1.23. The summed E-state index contributed by atoms with van der Waals surface area (Å²) in [5.74, 6) is 1.21. The average molecular weight is 576 g/mol. The summed E-state index contributed by atoms with van der Waals surface area (Å²) in [5, 5.41) is 14.0. The van der Waals surface area contributed by atoms with E-state index in [1.165, 1.54) is 39.4 Å². The smallest absolute Gasteiger partial charge is 0.336 e. The Morgan fingerprint density at radius 1 is 1.05 bits per heavy atom. The molecule has 5 rings (SSSR count). The minimum absolute atomic E-state index is 0.174. The molecule has 0 bridgehead atoms. The Labute approximate surface area is 220 Å². The van der Waals surface area contributed by atoms with Crippen LogP contribution in [0.2, 0.25) is 0 Å². The van der Waals surface area contributed by atoms with Crippen LogP contribution in [0.15, 0.2) is 18.2 Å². The molecule has 0 aliphatic carbocycles. The Morgan fingerprint density at radius 3 is 2.38 bits per heavy atom. The van der Waals surface area contributed by atoms with Crippen LogP contribution in [-0.4, -0.2) is 74.6 Å². The number of methoxy groups -OCH3 is 4. The van der Waals surface area contributed by atoms with Crippen molar-refractivity contribution in [2.24, 2.45) is 0 Å². The second-order valence-corrected chi connectivity index (χ2v) is 8.11. The van der Waals surface area contributed by atoms with E-state index in [-0.39, 0.29) is 28.6 Å². The monoisotopic (exact) mass is 575 g/mol. The van der Waals surface area contributed by atoms with Gasteiger partial charge in [-0.15, -0.1) is 0 Å². The summed E-state index contributed by atoms with van der Waals surface area (Å²) < 4.78 is 21.0. The molecule has 3 N–H and O–H groups in total. The number of ether oxygens (including phenoxy) is 4. The number of phenols is 1. The van der Waals surface area contributed by atoms with Gasteiger partial charge < -0.3 is 39.3 Å². The van der Waals surface area contributed by atoms with E-state index in [1.54, 1.807) is 12.1 Å². The number of aromatic nitrogens is 1. The third-order valence-corrected chi connectivity index (χ3v) is 6.40. The van der Waals surface area contributed by atoms with Crippen molar-refractivity contribution in [3.63, 3.8) is 0 Å². The predicted octanol–water partition coefficient (Wildman–Crippen LogP) is 3.26. The topological polar surface area (TPSA) is 139 Å². The number of alkyl halides is 1. The number of Topliss-reactive ketones (excluding diaryl/α,β-unsaturated/α-hetero) is 1. The van der Waals surface area contributed by atoms with Crippen LogP contribution in [0, 0.1) is 0 Å². The second kappa shape index (κ2) is 10.2. The zero-order valence-corrected chi connectivity index (χ0v) is 22.4. The van der Waals surface area contributed by atoms with Gasteiger partial charge in [-0.1, -0.05) is 15.9 Å². The molecule has 37 heavy (non-hydrogen) atoms. The molecule has 196 valence electrons. The Morgan fingerprint density at radius 2 is 1.76 bits per heavy atom. The van der Waals surface area contributed by atoms with E-state index < -0.39 is 17.8 Å². The van der Waals surface area contributed by atoms with Crippen molar-refractivity contribution in [2.45, 2.75) is 12.5 Å². The highest BCUT2D eigenvalue weighted by atomic mass is 79.9. The number of nitrogens with one attached hydrogen (secondary N) is 2. The van der Waals surface area contributed by atoms with Crippen molar-refractivity contribution in [2.75, 3.05) is 51.0 Å². The number of amides is 1. The summed E-state index contributed by atoms with van der Waals surface area (Å²) in [6.45, 7) is 0.291. The Bertz CT molecular complexity index is 1420. The Balaban J connectivity index is 0.00000156. The van der Waals surface area contributed by atoms with Crippen molar-refractivity contribution in [3.8, 4) is 23.0 Å². The van der Waals surface area contributed by atoms with Gasteiger partial charge in [-0.3, -0.25) is 9.59 Å². The van der Waals surface area contributed by atoms with Crippen LogP contribution in [0.3, 0.4) is 0 Å². The van der Waals surface area contributed by atoms with Crippen molar-refractivity contribution in [1.82, 2.24) is 4.98 Å². The van der Waals surface area contributed by atoms with E-state index >= 15 is 0 Å². The van der Waals surface area contributed by atoms with E-state index in [9.17, 15) is 19.5 Å². The number of hydrogen-bond donors (Lipinski definition) is 3. The summed E-state index contributed by atoms with van der Waals surface area (Å²) in [7, 11) is 5.68. The van der Waals surface area contributed by atoms with Crippen LogP contribution < -0.4 is 24.4 Å². The molecule has 1 aromatic heterocycles. The average Bonchev–Trinajstić information content (AvgIpc) is 3.63. The lowest BCUT2D eigenvalue weighted by atomic mass is 9.99. The molecule has 11 nitrogen and oxygen atoms in total. The molecule has 0 fully saturated rings. The van der Waals surface area contributed by atoms with Crippen molar-refractivity contribution < 1.29 is 38.4 Å². The fourth-order valence-corrected chi connectivity index (χ4v) is 4.81. The first-order valence-corrected chi connectivity index (χ1v) is 12.7. The number of aromatic amines is 1. The number of rotatable bonds is 5. The lowest BCUT2D eigenvalue weighted by molar-refractivity contribution is -0.140. The number of ketones is 1. The third kappa shape index (κ3) is 4.01. The van der Waals surface area contributed by atoms with Gasteiger partial charge in [-0.05, 0) is 30.0 Å². The molecule has 0 saturated carbocycles. The molecule has 1 amide bonds. The van der Waals surface area contributed by atoms with Gasteiger partial charge >= 0.3 is 5.97 Å². The number of nitrogens with zero attached hydrogens (tertiary/aromatic N) is 1. The summed E-state index contributed by atoms with van der Waals surface area (Å²) in [5.41, 5.74) is 2.22. The van der Waals surface area contributed by atoms with Crippen molar-refractivity contribution in [3.05, 3.63) is 35.0 Å². The zero-order valence-electron chi connectivity index (χ0n) is 20.9. The molecule has 1 atom stereocenters. The number of phenolic OH excluding ortho intramolecular Hbond substituents is 1. The third-order valence-electron chi connectivity index (χ3n) is 6.40. The number of hydrogen-bond acceptors (Lipinski definition) is 9. The molecule has 2 aliphatic heterocycles. The molecular weight excluding hydrogens is 550 g/mol. The number of benzene rings is 2. The molecular formula is C25H26BrN3O8. The molecule has 2 aromatic carbocycles. The maximum atomic E-state index is 13.5. The number of esters is 1. The summed E-state index contributed by atoms with van der Waals surface area (Å²) in [6, 6.07) is 3.60. The summed E-state index contributed by atoms with van der Waals surface area (Å²) in [4.78, 5) is 43.1. The highest BCUT2D eigenvalue weighted by molar-refractivity contribution is 9.08. The minimum Gasteiger partial charge on any atom is -0.506 e. The number of H-pyrrole nitrogens is 1. The largest absolute Gasteiger partial charge is 0.506 e. The maximum Gasteiger partial charge on any atom is 0.336 e. The standard InChI is InChI=1S/C24H23N3O8.CH3Br/c1-32-15-8-10-7-12(25-17(10)22(34-3)21(15)33-2)23(30)27-6-5-11-13(27)9-14(28)18-16(11)20(29)19(26-18)24(31)35-4;1-2/h7-9,19,25-26,28H,5-6H2,1-4H3;1H3/t19-;/m1./s1. The van der Waals surface area contributed by atoms with Gasteiger partial charge in [-0.25, -0.2) is 4.79 Å². The first kappa shape index (κ1) is 26.1. The fraction of sp³-hybridized carbons (Fsp3) is 0.320. The lowest BCUT2D eigenvalue weighted by Crippen LogP contribution is -2.33. The highest BCUT2D eigenvalue weighted by Gasteiger charge is 2.43. The maximum absolute atomic E-state index is 13.5. The first-order valence-electron chi connectivity index (χ1n) is 11.1. The Kier molecular flexibility index (Phi) is 7.21. The molecule has 12 heteroatoms. The number of carbonyl (C=O) groups is 3.